The maximum atomic E-state index is 12.2. The molecule has 21 heavy (non-hydrogen) atoms. The lowest BCUT2D eigenvalue weighted by molar-refractivity contribution is 0.139. The summed E-state index contributed by atoms with van der Waals surface area (Å²) in [6, 6.07) is 4.61. The summed E-state index contributed by atoms with van der Waals surface area (Å²) < 4.78 is 5.77. The molecule has 0 aliphatic heterocycles. The Kier molecular flexibility index (Phi) is 4.42. The van der Waals surface area contributed by atoms with Gasteiger partial charge in [-0.25, -0.2) is 14.2 Å². The first-order chi connectivity index (χ1) is 10.0. The minimum atomic E-state index is -1.51. The number of rotatable bonds is 4. The summed E-state index contributed by atoms with van der Waals surface area (Å²) in [5.74, 6) is 0. The molecule has 0 saturated heterocycles. The number of hydrogen-bond acceptors (Lipinski definition) is 4. The molecule has 7 nitrogen and oxygen atoms in total. The highest BCUT2D eigenvalue weighted by atomic mass is 16.7. The molecule has 1 aromatic carbocycles. The van der Waals surface area contributed by atoms with E-state index in [4.69, 9.17) is 5.11 Å². The Morgan fingerprint density at radius 2 is 2.19 bits per heavy atom. The predicted octanol–water partition coefficient (Wildman–Crippen LogP) is 2.76. The Labute approximate surface area is 121 Å². The summed E-state index contributed by atoms with van der Waals surface area (Å²) in [5, 5.41) is 11.5. The molecule has 0 saturated carbocycles. The van der Waals surface area contributed by atoms with Crippen LogP contribution in [0.5, 0.6) is 6.01 Å². The fraction of sp³-hybridized carbons (Fsp3) is 0.357. The maximum absolute atomic E-state index is 12.2. The lowest BCUT2D eigenvalue weighted by Crippen LogP contribution is -2.30. The summed E-state index contributed by atoms with van der Waals surface area (Å²) in [5.41, 5.74) is 1.89. The molecular formula is C14H17N3O4. The Morgan fingerprint density at radius 1 is 1.43 bits per heavy atom. The lowest BCUT2D eigenvalue weighted by Gasteiger charge is -2.08. The molecule has 2 rings (SSSR count). The van der Waals surface area contributed by atoms with Crippen molar-refractivity contribution in [1.82, 2.24) is 14.9 Å². The number of benzene rings is 1. The molecule has 0 atom stereocenters. The number of carboxylic acid groups (broad SMARTS) is 1. The molecule has 1 heterocycles. The number of nitrogens with one attached hydrogen (secondary N) is 1. The zero-order valence-corrected chi connectivity index (χ0v) is 11.9. The zero-order valence-electron chi connectivity index (χ0n) is 11.9. The summed E-state index contributed by atoms with van der Waals surface area (Å²) in [4.78, 5) is 27.1. The lowest BCUT2D eigenvalue weighted by atomic mass is 10.2. The minimum Gasteiger partial charge on any atom is -0.449 e. The van der Waals surface area contributed by atoms with Gasteiger partial charge in [0.2, 0.25) is 0 Å². The van der Waals surface area contributed by atoms with Crippen LogP contribution in [0.2, 0.25) is 0 Å². The third kappa shape index (κ3) is 3.13. The van der Waals surface area contributed by atoms with Gasteiger partial charge in [0.05, 0.1) is 11.0 Å². The topological polar surface area (TPSA) is 93.5 Å². The Morgan fingerprint density at radius 3 is 2.86 bits per heavy atom. The van der Waals surface area contributed by atoms with Crippen LogP contribution < -0.4 is 10.1 Å². The van der Waals surface area contributed by atoms with Crippen LogP contribution in [0.15, 0.2) is 18.2 Å². The fourth-order valence-electron chi connectivity index (χ4n) is 2.01. The van der Waals surface area contributed by atoms with Crippen LogP contribution in [-0.4, -0.2) is 33.4 Å². The maximum Gasteiger partial charge on any atom is 0.513 e. The van der Waals surface area contributed by atoms with Gasteiger partial charge in [-0.3, -0.25) is 0 Å². The average Bonchev–Trinajstić information content (AvgIpc) is 2.77. The van der Waals surface area contributed by atoms with E-state index in [1.807, 2.05) is 19.9 Å². The molecule has 0 aliphatic rings. The van der Waals surface area contributed by atoms with Crippen molar-refractivity contribution in [2.45, 2.75) is 26.7 Å². The number of amides is 1. The molecule has 0 spiro atoms. The van der Waals surface area contributed by atoms with E-state index in [2.05, 4.69) is 15.0 Å². The largest absolute Gasteiger partial charge is 0.513 e. The van der Waals surface area contributed by atoms with Gasteiger partial charge < -0.3 is 15.2 Å². The minimum absolute atomic E-state index is 0.249. The van der Waals surface area contributed by atoms with Gasteiger partial charge in [0, 0.05) is 6.54 Å². The van der Waals surface area contributed by atoms with E-state index in [1.54, 1.807) is 12.1 Å². The highest BCUT2D eigenvalue weighted by molar-refractivity contribution is 5.92. The van der Waals surface area contributed by atoms with Crippen molar-refractivity contribution in [3.63, 3.8) is 0 Å². The molecule has 1 amide bonds. The molecule has 0 unspecified atom stereocenters. The van der Waals surface area contributed by atoms with Crippen molar-refractivity contribution in [3.8, 4) is 6.01 Å². The van der Waals surface area contributed by atoms with Crippen molar-refractivity contribution < 1.29 is 19.4 Å². The molecular weight excluding hydrogens is 274 g/mol. The number of aromatic nitrogens is 2. The highest BCUT2D eigenvalue weighted by Crippen LogP contribution is 2.23. The number of hydrogen-bond donors (Lipinski definition) is 2. The van der Waals surface area contributed by atoms with E-state index >= 15 is 0 Å². The van der Waals surface area contributed by atoms with Gasteiger partial charge in [-0.1, -0.05) is 25.5 Å². The quantitative estimate of drug-likeness (QED) is 0.667. The SMILES string of the molecule is CCCCNC(=O)n1c(OC(=O)O)nc2c(C)cccc21. The molecule has 112 valence electrons. The molecule has 0 fully saturated rings. The van der Waals surface area contributed by atoms with Crippen LogP contribution in [-0.2, 0) is 0 Å². The number of carbonyl (C=O) groups is 2. The summed E-state index contributed by atoms with van der Waals surface area (Å²) in [6.45, 7) is 4.35. The van der Waals surface area contributed by atoms with E-state index in [1.165, 1.54) is 0 Å². The first kappa shape index (κ1) is 14.8. The smallest absolute Gasteiger partial charge is 0.449 e. The molecule has 0 bridgehead atoms. The van der Waals surface area contributed by atoms with E-state index in [0.29, 0.717) is 17.6 Å². The fourth-order valence-corrected chi connectivity index (χ4v) is 2.01. The van der Waals surface area contributed by atoms with Gasteiger partial charge in [0.25, 0.3) is 0 Å². The van der Waals surface area contributed by atoms with Crippen molar-refractivity contribution in [2.75, 3.05) is 6.54 Å². The van der Waals surface area contributed by atoms with Gasteiger partial charge in [0.15, 0.2) is 0 Å². The van der Waals surface area contributed by atoms with E-state index in [0.717, 1.165) is 23.0 Å². The van der Waals surface area contributed by atoms with E-state index in [9.17, 15) is 9.59 Å². The summed E-state index contributed by atoms with van der Waals surface area (Å²) >= 11 is 0. The third-order valence-electron chi connectivity index (χ3n) is 3.04. The van der Waals surface area contributed by atoms with Gasteiger partial charge in [-0.2, -0.15) is 4.98 Å². The van der Waals surface area contributed by atoms with Gasteiger partial charge >= 0.3 is 18.2 Å². The van der Waals surface area contributed by atoms with Gasteiger partial charge in [-0.15, -0.1) is 0 Å². The first-order valence-electron chi connectivity index (χ1n) is 6.71. The van der Waals surface area contributed by atoms with Crippen molar-refractivity contribution >= 4 is 23.2 Å². The molecule has 0 aliphatic carbocycles. The second-order valence-corrected chi connectivity index (χ2v) is 4.63. The number of ether oxygens (including phenoxy) is 1. The van der Waals surface area contributed by atoms with Crippen LogP contribution in [0.3, 0.4) is 0 Å². The van der Waals surface area contributed by atoms with Crippen molar-refractivity contribution in [3.05, 3.63) is 23.8 Å². The third-order valence-corrected chi connectivity index (χ3v) is 3.04. The van der Waals surface area contributed by atoms with Crippen LogP contribution in [0, 0.1) is 6.92 Å². The number of fused-ring (bicyclic) bond motifs is 1. The summed E-state index contributed by atoms with van der Waals surface area (Å²) in [7, 11) is 0. The van der Waals surface area contributed by atoms with Gasteiger partial charge in [0.1, 0.15) is 0 Å². The number of nitrogens with zero attached hydrogens (tertiary/aromatic N) is 2. The second kappa shape index (κ2) is 6.25. The Hall–Kier alpha value is -2.57. The number of aryl methyl sites for hydroxylation is 1. The Balaban J connectivity index is 2.45. The first-order valence-corrected chi connectivity index (χ1v) is 6.71. The number of para-hydroxylation sites is 1. The van der Waals surface area contributed by atoms with Crippen molar-refractivity contribution in [2.24, 2.45) is 0 Å². The molecule has 2 N–H and O–H groups in total. The average molecular weight is 291 g/mol. The standard InChI is InChI=1S/C14H17N3O4/c1-3-4-8-15-12(18)17-10-7-5-6-9(2)11(10)16-13(17)21-14(19)20/h5-7H,3-4,8H2,1-2H3,(H,15,18)(H,19,20). The molecule has 2 aromatic rings. The van der Waals surface area contributed by atoms with Gasteiger partial charge in [-0.05, 0) is 25.0 Å². The second-order valence-electron chi connectivity index (χ2n) is 4.63. The normalized spacial score (nSPS) is 10.6. The zero-order chi connectivity index (χ0) is 15.4. The van der Waals surface area contributed by atoms with Crippen LogP contribution in [0.4, 0.5) is 9.59 Å². The number of carbonyl (C=O) groups excluding carboxylic acids is 1. The molecule has 1 aromatic heterocycles. The predicted molar refractivity (Wildman–Crippen MR) is 76.8 cm³/mol. The number of unbranched alkanes of at least 4 members (excludes halogenated alkanes) is 1. The monoisotopic (exact) mass is 291 g/mol. The van der Waals surface area contributed by atoms with E-state index in [-0.39, 0.29) is 6.01 Å². The van der Waals surface area contributed by atoms with E-state index < -0.39 is 12.2 Å². The van der Waals surface area contributed by atoms with Crippen LogP contribution in [0.25, 0.3) is 11.0 Å². The van der Waals surface area contributed by atoms with Crippen LogP contribution in [0.1, 0.15) is 25.3 Å². The highest BCUT2D eigenvalue weighted by Gasteiger charge is 2.20. The number of imidazole rings is 1. The summed E-state index contributed by atoms with van der Waals surface area (Å²) in [6.07, 6.45) is 0.278. The van der Waals surface area contributed by atoms with Crippen molar-refractivity contribution in [1.29, 1.82) is 0 Å². The molecule has 0 radical (unpaired) electrons. The Bertz CT molecular complexity index is 678. The van der Waals surface area contributed by atoms with Crippen LogP contribution >= 0.6 is 0 Å². The molecule has 7 heteroatoms.